The van der Waals surface area contributed by atoms with Gasteiger partial charge in [0.25, 0.3) is 0 Å². The Labute approximate surface area is 136 Å². The number of rotatable bonds is 2. The average Bonchev–Trinajstić information content (AvgIpc) is 3.15. The maximum atomic E-state index is 13.4. The van der Waals surface area contributed by atoms with E-state index in [1.807, 2.05) is 0 Å². The van der Waals surface area contributed by atoms with Crippen molar-refractivity contribution in [3.8, 4) is 11.5 Å². The lowest BCUT2D eigenvalue weighted by atomic mass is 10.2. The maximum absolute atomic E-state index is 13.4. The molecule has 0 aliphatic carbocycles. The van der Waals surface area contributed by atoms with Crippen molar-refractivity contribution >= 4 is 23.5 Å². The summed E-state index contributed by atoms with van der Waals surface area (Å²) in [5.74, 6) is 0.362. The van der Waals surface area contributed by atoms with Gasteiger partial charge in [-0.05, 0) is 44.3 Å². The Morgan fingerprint density at radius 3 is 2.23 bits per heavy atom. The van der Waals surface area contributed by atoms with Gasteiger partial charge in [0.2, 0.25) is 0 Å². The van der Waals surface area contributed by atoms with E-state index in [1.165, 1.54) is 46.2 Å². The monoisotopic (exact) mass is 326 g/mol. The summed E-state index contributed by atoms with van der Waals surface area (Å²) >= 11 is 3.53. The van der Waals surface area contributed by atoms with Gasteiger partial charge < -0.3 is 14.8 Å². The molecule has 22 heavy (non-hydrogen) atoms. The molecule has 4 nitrogen and oxygen atoms in total. The van der Waals surface area contributed by atoms with Crippen molar-refractivity contribution in [2.24, 2.45) is 0 Å². The van der Waals surface area contributed by atoms with Gasteiger partial charge in [0.1, 0.15) is 5.75 Å². The van der Waals surface area contributed by atoms with E-state index in [0.717, 1.165) is 0 Å². The first-order chi connectivity index (χ1) is 10.8. The molecule has 0 saturated carbocycles. The summed E-state index contributed by atoms with van der Waals surface area (Å²) in [5.41, 5.74) is 0.646. The van der Waals surface area contributed by atoms with Crippen LogP contribution in [0.5, 0.6) is 11.5 Å². The van der Waals surface area contributed by atoms with Gasteiger partial charge in [-0.1, -0.05) is 0 Å². The third-order valence-electron chi connectivity index (χ3n) is 3.15. The van der Waals surface area contributed by atoms with Crippen molar-refractivity contribution in [3.63, 3.8) is 0 Å². The Bertz CT molecular complexity index is 570. The molecular formula is C16H23FN2O2S. The van der Waals surface area contributed by atoms with Gasteiger partial charge in [-0.3, -0.25) is 4.98 Å². The highest BCUT2D eigenvalue weighted by atomic mass is 32.1. The van der Waals surface area contributed by atoms with Crippen molar-refractivity contribution < 1.29 is 13.9 Å². The zero-order valence-corrected chi connectivity index (χ0v) is 14.1. The first-order valence-electron chi connectivity index (χ1n) is 7.08. The molecule has 2 aromatic rings. The summed E-state index contributed by atoms with van der Waals surface area (Å²) in [5, 5.41) is 3.86. The summed E-state index contributed by atoms with van der Waals surface area (Å²) in [7, 11) is 2.96. The van der Waals surface area contributed by atoms with Gasteiger partial charge in [-0.15, -0.1) is 0 Å². The lowest BCUT2D eigenvalue weighted by Crippen LogP contribution is -2.03. The fourth-order valence-corrected chi connectivity index (χ4v) is 2.08. The minimum atomic E-state index is -0.420. The van der Waals surface area contributed by atoms with Crippen LogP contribution in [-0.2, 0) is 0 Å². The van der Waals surface area contributed by atoms with Gasteiger partial charge >= 0.3 is 0 Å². The van der Waals surface area contributed by atoms with Gasteiger partial charge in [0, 0.05) is 17.6 Å². The Balaban J connectivity index is 0.000000289. The predicted octanol–water partition coefficient (Wildman–Crippen LogP) is 3.31. The smallest absolute Gasteiger partial charge is 0.165 e. The quantitative estimate of drug-likeness (QED) is 0.831. The molecule has 1 aliphatic heterocycles. The molecule has 3 rings (SSSR count). The van der Waals surface area contributed by atoms with Crippen LogP contribution < -0.4 is 14.8 Å². The molecule has 1 fully saturated rings. The Morgan fingerprint density at radius 1 is 1.09 bits per heavy atom. The molecule has 1 N–H and O–H groups in total. The van der Waals surface area contributed by atoms with E-state index in [9.17, 15) is 4.39 Å². The summed E-state index contributed by atoms with van der Waals surface area (Å²) in [6, 6.07) is 4.60. The molecule has 0 amide bonds. The van der Waals surface area contributed by atoms with Crippen LogP contribution in [0, 0.1) is 5.82 Å². The van der Waals surface area contributed by atoms with Gasteiger partial charge in [0.15, 0.2) is 11.6 Å². The van der Waals surface area contributed by atoms with Gasteiger partial charge in [0.05, 0.1) is 19.7 Å². The zero-order chi connectivity index (χ0) is 16.4. The third-order valence-corrected chi connectivity index (χ3v) is 3.15. The number of fused-ring (bicyclic) bond motifs is 1. The highest BCUT2D eigenvalue weighted by Crippen LogP contribution is 2.29. The molecule has 0 bridgehead atoms. The molecule has 1 aromatic carbocycles. The molecule has 0 radical (unpaired) electrons. The van der Waals surface area contributed by atoms with Crippen molar-refractivity contribution in [3.05, 3.63) is 30.2 Å². The number of ether oxygens (including phenoxy) is 2. The topological polar surface area (TPSA) is 43.4 Å². The number of aromatic nitrogens is 1. The predicted molar refractivity (Wildman–Crippen MR) is 91.8 cm³/mol. The zero-order valence-electron chi connectivity index (χ0n) is 13.2. The van der Waals surface area contributed by atoms with Crippen molar-refractivity contribution in [2.45, 2.75) is 12.8 Å². The van der Waals surface area contributed by atoms with Crippen LogP contribution in [0.3, 0.4) is 0 Å². The molecule has 1 aromatic heterocycles. The van der Waals surface area contributed by atoms with E-state index >= 15 is 0 Å². The molecule has 0 unspecified atom stereocenters. The molecule has 0 spiro atoms. The fraction of sp³-hybridized carbons (Fsp3) is 0.438. The maximum Gasteiger partial charge on any atom is 0.165 e. The number of halogens is 1. The summed E-state index contributed by atoms with van der Waals surface area (Å²) in [6.45, 7) is 2.50. The first-order valence-corrected chi connectivity index (χ1v) is 7.97. The molecular weight excluding hydrogens is 303 g/mol. The number of pyridine rings is 1. The Morgan fingerprint density at radius 2 is 1.73 bits per heavy atom. The number of methoxy groups -OCH3 is 2. The average molecular weight is 326 g/mol. The fourth-order valence-electron chi connectivity index (χ4n) is 2.08. The second kappa shape index (κ2) is 10.2. The van der Waals surface area contributed by atoms with E-state index in [0.29, 0.717) is 16.7 Å². The third kappa shape index (κ3) is 5.03. The Hall–Kier alpha value is -1.53. The van der Waals surface area contributed by atoms with E-state index < -0.39 is 5.82 Å². The largest absolute Gasteiger partial charge is 0.496 e. The number of nitrogens with zero attached hydrogens (tertiary/aromatic N) is 1. The van der Waals surface area contributed by atoms with Crippen LogP contribution >= 0.6 is 12.6 Å². The molecule has 1 saturated heterocycles. The first kappa shape index (κ1) is 18.5. The van der Waals surface area contributed by atoms with Crippen LogP contribution in [0.2, 0.25) is 0 Å². The minimum Gasteiger partial charge on any atom is -0.496 e. The molecule has 122 valence electrons. The SMILES string of the molecule is C1CCNC1.COc1cc2nccc(OC)c2cc1F.CS. The number of hydrogen-bond donors (Lipinski definition) is 2. The summed E-state index contributed by atoms with van der Waals surface area (Å²) in [4.78, 5) is 4.11. The van der Waals surface area contributed by atoms with Crippen LogP contribution in [0.25, 0.3) is 10.9 Å². The number of thiol groups is 1. The Kier molecular flexibility index (Phi) is 8.62. The van der Waals surface area contributed by atoms with Crippen molar-refractivity contribution in [1.82, 2.24) is 10.3 Å². The number of nitrogens with one attached hydrogen (secondary N) is 1. The number of hydrogen-bond acceptors (Lipinski definition) is 5. The highest BCUT2D eigenvalue weighted by Gasteiger charge is 2.08. The summed E-state index contributed by atoms with van der Waals surface area (Å²) in [6.07, 6.45) is 6.08. The van der Waals surface area contributed by atoms with Crippen LogP contribution in [0.4, 0.5) is 4.39 Å². The van der Waals surface area contributed by atoms with Crippen LogP contribution in [0.15, 0.2) is 24.4 Å². The second-order valence-corrected chi connectivity index (χ2v) is 4.47. The second-order valence-electron chi connectivity index (χ2n) is 4.47. The van der Waals surface area contributed by atoms with E-state index in [1.54, 1.807) is 24.6 Å². The van der Waals surface area contributed by atoms with E-state index in [4.69, 9.17) is 9.47 Å². The number of benzene rings is 1. The van der Waals surface area contributed by atoms with Crippen LogP contribution in [0.1, 0.15) is 12.8 Å². The van der Waals surface area contributed by atoms with Gasteiger partial charge in [-0.25, -0.2) is 4.39 Å². The van der Waals surface area contributed by atoms with Crippen LogP contribution in [-0.4, -0.2) is 38.5 Å². The molecule has 2 heterocycles. The highest BCUT2D eigenvalue weighted by molar-refractivity contribution is 7.79. The summed E-state index contributed by atoms with van der Waals surface area (Å²) < 4.78 is 23.4. The lowest BCUT2D eigenvalue weighted by Gasteiger charge is -2.07. The van der Waals surface area contributed by atoms with Crippen molar-refractivity contribution in [2.75, 3.05) is 33.6 Å². The van der Waals surface area contributed by atoms with Gasteiger partial charge in [-0.2, -0.15) is 12.6 Å². The lowest BCUT2D eigenvalue weighted by molar-refractivity contribution is 0.387. The molecule has 1 aliphatic rings. The molecule has 0 atom stereocenters. The molecule has 6 heteroatoms. The van der Waals surface area contributed by atoms with E-state index in [-0.39, 0.29) is 5.75 Å². The minimum absolute atomic E-state index is 0.184. The van der Waals surface area contributed by atoms with E-state index in [2.05, 4.69) is 22.9 Å². The standard InChI is InChI=1S/C11H10FNO2.C4H9N.CH4S/c1-14-10-3-4-13-9-6-11(15-2)8(12)5-7(9)10;1-2-4-5-3-1;1-2/h3-6H,1-2H3;5H,1-4H2;2H,1H3. The van der Waals surface area contributed by atoms with Crippen molar-refractivity contribution in [1.29, 1.82) is 0 Å². The normalized spacial score (nSPS) is 12.8.